The van der Waals surface area contributed by atoms with Gasteiger partial charge in [0, 0.05) is 37.3 Å². The van der Waals surface area contributed by atoms with Crippen molar-refractivity contribution in [3.8, 4) is 0 Å². The van der Waals surface area contributed by atoms with Gasteiger partial charge in [0.15, 0.2) is 0 Å². The van der Waals surface area contributed by atoms with Crippen LogP contribution in [0.3, 0.4) is 0 Å². The predicted molar refractivity (Wildman–Crippen MR) is 128 cm³/mol. The minimum Gasteiger partial charge on any atom is -0.399 e. The molecule has 1 saturated heterocycles. The van der Waals surface area contributed by atoms with Crippen molar-refractivity contribution in [1.29, 1.82) is 5.41 Å². The van der Waals surface area contributed by atoms with E-state index in [0.717, 1.165) is 33.9 Å². The van der Waals surface area contributed by atoms with Crippen molar-refractivity contribution in [2.45, 2.75) is 59.7 Å². The van der Waals surface area contributed by atoms with Crippen molar-refractivity contribution in [1.82, 2.24) is 4.98 Å². The molecule has 1 aromatic carbocycles. The maximum atomic E-state index is 7.96. The van der Waals surface area contributed by atoms with Gasteiger partial charge >= 0.3 is 7.12 Å². The van der Waals surface area contributed by atoms with E-state index in [1.807, 2.05) is 97.8 Å². The fraction of sp³-hybridized carbons (Fsp3) is 0.478. The molecule has 0 unspecified atom stereocenters. The molecule has 2 aromatic rings. The third kappa shape index (κ3) is 4.85. The second-order valence-electron chi connectivity index (χ2n) is 8.42. The lowest BCUT2D eigenvalue weighted by atomic mass is 9.77. The topological polar surface area (TPSA) is 70.5 Å². The Balaban J connectivity index is 0.00000155. The Bertz CT molecular complexity index is 881. The highest BCUT2D eigenvalue weighted by Gasteiger charge is 2.51. The molecule has 1 aliphatic heterocycles. The van der Waals surface area contributed by atoms with Crippen molar-refractivity contribution in [2.75, 3.05) is 24.3 Å². The first kappa shape index (κ1) is 23.9. The Morgan fingerprint density at radius 1 is 1.07 bits per heavy atom. The molecular formula is C23H35BN4O2. The first-order valence-electron chi connectivity index (χ1n) is 10.5. The number of rotatable bonds is 5. The SMILES string of the molecule is CC.Cc1cccc(Nc2cc(B3OC(C)(C)C(C)(C)O3)cc(N(C)C)c2C=N)n1. The number of hydrogen-bond donors (Lipinski definition) is 2. The summed E-state index contributed by atoms with van der Waals surface area (Å²) in [5.41, 5.74) is 3.50. The minimum absolute atomic E-state index is 0.415. The summed E-state index contributed by atoms with van der Waals surface area (Å²) in [5.74, 6) is 0.735. The smallest absolute Gasteiger partial charge is 0.399 e. The largest absolute Gasteiger partial charge is 0.494 e. The van der Waals surface area contributed by atoms with E-state index in [1.165, 1.54) is 6.21 Å². The zero-order valence-electron chi connectivity index (χ0n) is 19.8. The van der Waals surface area contributed by atoms with Gasteiger partial charge in [-0.15, -0.1) is 0 Å². The fourth-order valence-corrected chi connectivity index (χ4v) is 3.15. The van der Waals surface area contributed by atoms with Gasteiger partial charge in [-0.3, -0.25) is 0 Å². The number of pyridine rings is 1. The average Bonchev–Trinajstić information content (AvgIpc) is 2.90. The summed E-state index contributed by atoms with van der Waals surface area (Å²) < 4.78 is 12.5. The summed E-state index contributed by atoms with van der Waals surface area (Å²) in [5, 5.41) is 11.3. The van der Waals surface area contributed by atoms with Crippen molar-refractivity contribution < 1.29 is 9.31 Å². The van der Waals surface area contributed by atoms with Gasteiger partial charge in [-0.05, 0) is 64.3 Å². The maximum Gasteiger partial charge on any atom is 0.494 e. The zero-order valence-corrected chi connectivity index (χ0v) is 19.8. The number of benzene rings is 1. The Morgan fingerprint density at radius 3 is 2.17 bits per heavy atom. The van der Waals surface area contributed by atoms with Crippen LogP contribution in [0.25, 0.3) is 0 Å². The number of nitrogens with one attached hydrogen (secondary N) is 2. The standard InChI is InChI=1S/C21H29BN4O2.C2H6/c1-14-9-8-10-19(24-14)25-17-11-15(12-18(26(6)7)16(17)13-23)22-27-20(2,3)21(4,5)28-22;1-2/h8-13,23H,1-7H3,(H,24,25);1-2H3. The molecule has 1 fully saturated rings. The van der Waals surface area contributed by atoms with Crippen molar-refractivity contribution in [2.24, 2.45) is 0 Å². The van der Waals surface area contributed by atoms with E-state index in [0.29, 0.717) is 0 Å². The molecule has 0 radical (unpaired) electrons. The summed E-state index contributed by atoms with van der Waals surface area (Å²) >= 11 is 0. The lowest BCUT2D eigenvalue weighted by Crippen LogP contribution is -2.41. The summed E-state index contributed by atoms with van der Waals surface area (Å²) in [6, 6.07) is 9.84. The van der Waals surface area contributed by atoms with Crippen molar-refractivity contribution in [3.63, 3.8) is 0 Å². The molecule has 0 spiro atoms. The first-order chi connectivity index (χ1) is 14.0. The third-order valence-corrected chi connectivity index (χ3v) is 5.48. The van der Waals surface area contributed by atoms with Crippen LogP contribution in [0.2, 0.25) is 0 Å². The van der Waals surface area contributed by atoms with Gasteiger partial charge in [0.1, 0.15) is 5.82 Å². The highest BCUT2D eigenvalue weighted by molar-refractivity contribution is 6.62. The van der Waals surface area contributed by atoms with Gasteiger partial charge in [-0.25, -0.2) is 4.98 Å². The molecule has 1 aromatic heterocycles. The Hall–Kier alpha value is -2.38. The normalized spacial score (nSPS) is 16.5. The van der Waals surface area contributed by atoms with Gasteiger partial charge in [0.05, 0.1) is 16.9 Å². The number of aryl methyl sites for hydroxylation is 1. The summed E-state index contributed by atoms with van der Waals surface area (Å²) in [6.45, 7) is 14.1. The van der Waals surface area contributed by atoms with Crippen molar-refractivity contribution >= 4 is 36.0 Å². The van der Waals surface area contributed by atoms with E-state index in [1.54, 1.807) is 0 Å². The van der Waals surface area contributed by atoms with Gasteiger partial charge in [-0.1, -0.05) is 19.9 Å². The van der Waals surface area contributed by atoms with Gasteiger partial charge in [-0.2, -0.15) is 0 Å². The van der Waals surface area contributed by atoms with E-state index in [-0.39, 0.29) is 0 Å². The average molecular weight is 410 g/mol. The van der Waals surface area contributed by atoms with Crippen molar-refractivity contribution in [3.05, 3.63) is 41.6 Å². The monoisotopic (exact) mass is 410 g/mol. The Morgan fingerprint density at radius 2 is 1.67 bits per heavy atom. The lowest BCUT2D eigenvalue weighted by Gasteiger charge is -2.32. The van der Waals surface area contributed by atoms with Crippen LogP contribution in [0, 0.1) is 12.3 Å². The predicted octanol–water partition coefficient (Wildman–Crippen LogP) is 4.52. The van der Waals surface area contributed by atoms with E-state index in [4.69, 9.17) is 14.7 Å². The summed E-state index contributed by atoms with van der Waals surface area (Å²) in [4.78, 5) is 6.52. The highest BCUT2D eigenvalue weighted by atomic mass is 16.7. The molecular weight excluding hydrogens is 375 g/mol. The summed E-state index contributed by atoms with van der Waals surface area (Å²) in [7, 11) is 3.45. The molecule has 1 aliphatic rings. The van der Waals surface area contributed by atoms with Crippen LogP contribution in [0.4, 0.5) is 17.2 Å². The van der Waals surface area contributed by atoms with Crippen LogP contribution in [-0.4, -0.2) is 43.6 Å². The zero-order chi connectivity index (χ0) is 22.7. The number of anilines is 3. The second-order valence-corrected chi connectivity index (χ2v) is 8.42. The molecule has 0 amide bonds. The van der Waals surface area contributed by atoms with Gasteiger partial charge in [0.2, 0.25) is 0 Å². The van der Waals surface area contributed by atoms with E-state index < -0.39 is 18.3 Å². The Kier molecular flexibility index (Phi) is 7.32. The highest BCUT2D eigenvalue weighted by Crippen LogP contribution is 2.37. The minimum atomic E-state index is -0.477. The van der Waals surface area contributed by atoms with Crippen LogP contribution in [0.15, 0.2) is 30.3 Å². The molecule has 0 aliphatic carbocycles. The van der Waals surface area contributed by atoms with E-state index in [9.17, 15) is 0 Å². The molecule has 2 heterocycles. The van der Waals surface area contributed by atoms with E-state index in [2.05, 4.69) is 10.3 Å². The molecule has 0 atom stereocenters. The fourth-order valence-electron chi connectivity index (χ4n) is 3.15. The second kappa shape index (κ2) is 9.19. The van der Waals surface area contributed by atoms with E-state index >= 15 is 0 Å². The van der Waals surface area contributed by atoms with Crippen LogP contribution in [-0.2, 0) is 9.31 Å². The van der Waals surface area contributed by atoms with Crippen LogP contribution in [0.5, 0.6) is 0 Å². The molecule has 0 bridgehead atoms. The van der Waals surface area contributed by atoms with Gasteiger partial charge in [0.25, 0.3) is 0 Å². The maximum absolute atomic E-state index is 7.96. The number of hydrogen-bond acceptors (Lipinski definition) is 6. The third-order valence-electron chi connectivity index (χ3n) is 5.48. The molecule has 2 N–H and O–H groups in total. The number of aromatic nitrogens is 1. The molecule has 6 nitrogen and oxygen atoms in total. The molecule has 0 saturated carbocycles. The van der Waals surface area contributed by atoms with Crippen LogP contribution >= 0.6 is 0 Å². The quantitative estimate of drug-likeness (QED) is 0.560. The molecule has 7 heteroatoms. The lowest BCUT2D eigenvalue weighted by molar-refractivity contribution is 0.00578. The van der Waals surface area contributed by atoms with Gasteiger partial charge < -0.3 is 24.9 Å². The Labute approximate surface area is 181 Å². The first-order valence-corrected chi connectivity index (χ1v) is 10.5. The van der Waals surface area contributed by atoms with Crippen LogP contribution in [0.1, 0.15) is 52.8 Å². The van der Waals surface area contributed by atoms with Crippen LogP contribution < -0.4 is 15.7 Å². The molecule has 3 rings (SSSR count). The number of nitrogens with zero attached hydrogens (tertiary/aromatic N) is 2. The summed E-state index contributed by atoms with van der Waals surface area (Å²) in [6.07, 6.45) is 1.36. The molecule has 30 heavy (non-hydrogen) atoms. The molecule has 162 valence electrons.